The van der Waals surface area contributed by atoms with Gasteiger partial charge in [0.25, 0.3) is 0 Å². The lowest BCUT2D eigenvalue weighted by Crippen LogP contribution is -2.01. The summed E-state index contributed by atoms with van der Waals surface area (Å²) in [6.07, 6.45) is 6.00. The van der Waals surface area contributed by atoms with Crippen molar-refractivity contribution in [3.63, 3.8) is 0 Å². The number of ketones is 2. The maximum absolute atomic E-state index is 11.7. The van der Waals surface area contributed by atoms with E-state index in [1.165, 1.54) is 23.5 Å². The average Bonchev–Trinajstić information content (AvgIpc) is 2.98. The van der Waals surface area contributed by atoms with Gasteiger partial charge in [0.1, 0.15) is 5.75 Å². The standard InChI is InChI=1S/C17H14O3S/c18-14-6-3-13(4-7-14)5-8-15(19)12-16(20)9-10-17-2-1-11-21-17/h1-11,18H,12H2/b8-5+,10-9+. The molecule has 1 N–H and O–H groups in total. The van der Waals surface area contributed by atoms with E-state index in [0.717, 1.165) is 10.4 Å². The molecule has 0 saturated heterocycles. The maximum Gasteiger partial charge on any atom is 0.163 e. The van der Waals surface area contributed by atoms with E-state index in [1.54, 1.807) is 36.4 Å². The molecule has 1 aromatic carbocycles. The summed E-state index contributed by atoms with van der Waals surface area (Å²) < 4.78 is 0. The van der Waals surface area contributed by atoms with Gasteiger partial charge in [0.05, 0.1) is 6.42 Å². The predicted octanol–water partition coefficient (Wildman–Crippen LogP) is 3.71. The number of hydrogen-bond donors (Lipinski definition) is 1. The van der Waals surface area contributed by atoms with Crippen LogP contribution in [0.1, 0.15) is 16.9 Å². The Bertz CT molecular complexity index is 665. The minimum atomic E-state index is -0.246. The summed E-state index contributed by atoms with van der Waals surface area (Å²) in [6.45, 7) is 0. The van der Waals surface area contributed by atoms with Crippen molar-refractivity contribution in [3.05, 3.63) is 64.4 Å². The summed E-state index contributed by atoms with van der Waals surface area (Å²) >= 11 is 1.53. The molecule has 0 aliphatic rings. The van der Waals surface area contributed by atoms with Crippen LogP contribution in [-0.4, -0.2) is 16.7 Å². The number of benzene rings is 1. The van der Waals surface area contributed by atoms with Crippen LogP contribution in [-0.2, 0) is 9.59 Å². The van der Waals surface area contributed by atoms with Gasteiger partial charge in [-0.2, -0.15) is 0 Å². The van der Waals surface area contributed by atoms with Crippen LogP contribution >= 0.6 is 11.3 Å². The van der Waals surface area contributed by atoms with E-state index in [4.69, 9.17) is 5.11 Å². The van der Waals surface area contributed by atoms with Gasteiger partial charge in [-0.25, -0.2) is 0 Å². The van der Waals surface area contributed by atoms with Crippen molar-refractivity contribution in [2.45, 2.75) is 6.42 Å². The van der Waals surface area contributed by atoms with Crippen LogP contribution in [0.25, 0.3) is 12.2 Å². The van der Waals surface area contributed by atoms with Gasteiger partial charge in [-0.15, -0.1) is 11.3 Å². The first kappa shape index (κ1) is 14.9. The third-order valence-corrected chi connectivity index (χ3v) is 3.52. The van der Waals surface area contributed by atoms with Gasteiger partial charge in [-0.05, 0) is 47.4 Å². The van der Waals surface area contributed by atoms with E-state index < -0.39 is 0 Å². The third kappa shape index (κ3) is 5.20. The first-order chi connectivity index (χ1) is 10.1. The number of phenols is 1. The summed E-state index contributed by atoms with van der Waals surface area (Å²) in [5, 5.41) is 11.1. The van der Waals surface area contributed by atoms with Crippen LogP contribution in [0.2, 0.25) is 0 Å². The SMILES string of the molecule is O=C(/C=C/c1ccc(O)cc1)CC(=O)/C=C/c1cccs1. The van der Waals surface area contributed by atoms with E-state index in [0.29, 0.717) is 0 Å². The molecule has 0 fully saturated rings. The molecule has 1 heterocycles. The number of carbonyl (C=O) groups excluding carboxylic acids is 2. The molecule has 2 rings (SSSR count). The minimum absolute atomic E-state index is 0.142. The molecular formula is C17H14O3S. The van der Waals surface area contributed by atoms with Crippen molar-refractivity contribution in [2.24, 2.45) is 0 Å². The molecule has 0 bridgehead atoms. The van der Waals surface area contributed by atoms with Crippen molar-refractivity contribution in [3.8, 4) is 5.75 Å². The van der Waals surface area contributed by atoms with Crippen LogP contribution in [0.15, 0.2) is 53.9 Å². The number of rotatable bonds is 6. The van der Waals surface area contributed by atoms with Crippen molar-refractivity contribution >= 4 is 35.1 Å². The van der Waals surface area contributed by atoms with Crippen LogP contribution < -0.4 is 0 Å². The first-order valence-corrected chi connectivity index (χ1v) is 7.26. The number of carbonyl (C=O) groups is 2. The van der Waals surface area contributed by atoms with E-state index in [-0.39, 0.29) is 23.7 Å². The number of thiophene rings is 1. The summed E-state index contributed by atoms with van der Waals surface area (Å²) in [4.78, 5) is 24.3. The van der Waals surface area contributed by atoms with Crippen molar-refractivity contribution in [1.29, 1.82) is 0 Å². The minimum Gasteiger partial charge on any atom is -0.508 e. The second kappa shape index (κ2) is 7.36. The van der Waals surface area contributed by atoms with Gasteiger partial charge in [0, 0.05) is 4.88 Å². The van der Waals surface area contributed by atoms with Gasteiger partial charge in [0.2, 0.25) is 0 Å². The molecule has 2 aromatic rings. The Morgan fingerprint density at radius 2 is 1.67 bits per heavy atom. The zero-order chi connectivity index (χ0) is 15.1. The predicted molar refractivity (Wildman–Crippen MR) is 85.1 cm³/mol. The number of hydrogen-bond acceptors (Lipinski definition) is 4. The van der Waals surface area contributed by atoms with Gasteiger partial charge in [-0.3, -0.25) is 9.59 Å². The molecule has 0 saturated carbocycles. The van der Waals surface area contributed by atoms with E-state index in [2.05, 4.69) is 0 Å². The maximum atomic E-state index is 11.7. The van der Waals surface area contributed by atoms with Crippen LogP contribution in [0.5, 0.6) is 5.75 Å². The fourth-order valence-corrected chi connectivity index (χ4v) is 2.24. The molecule has 106 valence electrons. The highest BCUT2D eigenvalue weighted by Gasteiger charge is 2.03. The zero-order valence-corrected chi connectivity index (χ0v) is 12.0. The fraction of sp³-hybridized carbons (Fsp3) is 0.0588. The van der Waals surface area contributed by atoms with Gasteiger partial charge < -0.3 is 5.11 Å². The highest BCUT2D eigenvalue weighted by atomic mass is 32.1. The van der Waals surface area contributed by atoms with Crippen molar-refractivity contribution in [1.82, 2.24) is 0 Å². The lowest BCUT2D eigenvalue weighted by Gasteiger charge is -1.94. The van der Waals surface area contributed by atoms with Crippen LogP contribution in [0.3, 0.4) is 0 Å². The lowest BCUT2D eigenvalue weighted by atomic mass is 10.1. The average molecular weight is 298 g/mol. The number of allylic oxidation sites excluding steroid dienone is 2. The number of phenolic OH excluding ortho intramolecular Hbond substituents is 1. The highest BCUT2D eigenvalue weighted by Crippen LogP contribution is 2.12. The van der Waals surface area contributed by atoms with E-state index in [9.17, 15) is 9.59 Å². The van der Waals surface area contributed by atoms with Gasteiger partial charge in [-0.1, -0.05) is 24.3 Å². The first-order valence-electron chi connectivity index (χ1n) is 6.38. The smallest absolute Gasteiger partial charge is 0.163 e. The summed E-state index contributed by atoms with van der Waals surface area (Å²) in [5.74, 6) is -0.292. The Labute approximate surface area is 126 Å². The largest absolute Gasteiger partial charge is 0.508 e. The molecule has 0 aliphatic heterocycles. The molecular weight excluding hydrogens is 284 g/mol. The fourth-order valence-electron chi connectivity index (χ4n) is 1.63. The second-order valence-corrected chi connectivity index (χ2v) is 5.36. The monoisotopic (exact) mass is 298 g/mol. The Hall–Kier alpha value is -2.46. The lowest BCUT2D eigenvalue weighted by molar-refractivity contribution is -0.121. The third-order valence-electron chi connectivity index (χ3n) is 2.68. The second-order valence-electron chi connectivity index (χ2n) is 4.38. The molecule has 0 unspecified atom stereocenters. The molecule has 0 radical (unpaired) electrons. The molecule has 0 amide bonds. The molecule has 0 aliphatic carbocycles. The number of aromatic hydroxyl groups is 1. The summed E-state index contributed by atoms with van der Waals surface area (Å²) in [7, 11) is 0. The van der Waals surface area contributed by atoms with Crippen LogP contribution in [0, 0.1) is 0 Å². The normalized spacial score (nSPS) is 11.2. The summed E-state index contributed by atoms with van der Waals surface area (Å²) in [6, 6.07) is 10.3. The Morgan fingerprint density at radius 1 is 1.00 bits per heavy atom. The van der Waals surface area contributed by atoms with Crippen LogP contribution in [0.4, 0.5) is 0 Å². The van der Waals surface area contributed by atoms with Crippen molar-refractivity contribution < 1.29 is 14.7 Å². The van der Waals surface area contributed by atoms with Gasteiger partial charge in [0.15, 0.2) is 11.6 Å². The van der Waals surface area contributed by atoms with E-state index >= 15 is 0 Å². The zero-order valence-electron chi connectivity index (χ0n) is 11.2. The summed E-state index contributed by atoms with van der Waals surface area (Å²) in [5.41, 5.74) is 0.794. The van der Waals surface area contributed by atoms with Gasteiger partial charge >= 0.3 is 0 Å². The Balaban J connectivity index is 1.86. The molecule has 0 atom stereocenters. The molecule has 1 aromatic heterocycles. The molecule has 0 spiro atoms. The quantitative estimate of drug-likeness (QED) is 0.653. The van der Waals surface area contributed by atoms with E-state index in [1.807, 2.05) is 17.5 Å². The molecule has 4 heteroatoms. The van der Waals surface area contributed by atoms with Crippen molar-refractivity contribution in [2.75, 3.05) is 0 Å². The Kier molecular flexibility index (Phi) is 5.23. The topological polar surface area (TPSA) is 54.4 Å². The molecule has 3 nitrogen and oxygen atoms in total. The molecule has 21 heavy (non-hydrogen) atoms. The highest BCUT2D eigenvalue weighted by molar-refractivity contribution is 7.10. The Morgan fingerprint density at radius 3 is 2.29 bits per heavy atom.